The van der Waals surface area contributed by atoms with Crippen molar-refractivity contribution in [3.8, 4) is 5.75 Å². The average Bonchev–Trinajstić information content (AvgIpc) is 3.36. The Balaban J connectivity index is 1.62. The monoisotopic (exact) mass is 333 g/mol. The van der Waals surface area contributed by atoms with E-state index in [9.17, 15) is 9.90 Å². The molecule has 1 aliphatic heterocycles. The first-order chi connectivity index (χ1) is 11.0. The van der Waals surface area contributed by atoms with Gasteiger partial charge in [-0.15, -0.1) is 0 Å². The molecule has 1 aromatic carbocycles. The van der Waals surface area contributed by atoms with Gasteiger partial charge in [-0.1, -0.05) is 17.7 Å². The molecule has 1 amide bonds. The van der Waals surface area contributed by atoms with Crippen LogP contribution in [-0.4, -0.2) is 42.2 Å². The summed E-state index contributed by atoms with van der Waals surface area (Å²) in [4.78, 5) is 13.7. The third-order valence-electron chi connectivity index (χ3n) is 4.15. The lowest BCUT2D eigenvalue weighted by molar-refractivity contribution is -0.126. The number of rotatable bonds is 5. The summed E-state index contributed by atoms with van der Waals surface area (Å²) >= 11 is 5.99. The average molecular weight is 334 g/mol. The summed E-state index contributed by atoms with van der Waals surface area (Å²) in [5.74, 6) is 1.04. The number of carbonyl (C=O) groups excluding carboxylic acids is 1. The van der Waals surface area contributed by atoms with E-state index < -0.39 is 6.10 Å². The van der Waals surface area contributed by atoms with E-state index in [4.69, 9.17) is 16.3 Å². The van der Waals surface area contributed by atoms with E-state index >= 15 is 0 Å². The minimum absolute atomic E-state index is 0.123. The number of halogens is 1. The maximum atomic E-state index is 12.1. The van der Waals surface area contributed by atoms with Gasteiger partial charge in [0.1, 0.15) is 12.4 Å². The molecule has 5 heteroatoms. The van der Waals surface area contributed by atoms with Crippen LogP contribution in [0.2, 0.25) is 5.02 Å². The summed E-state index contributed by atoms with van der Waals surface area (Å²) in [6.45, 7) is 0.800. The quantitative estimate of drug-likeness (QED) is 0.843. The highest BCUT2D eigenvalue weighted by Crippen LogP contribution is 2.32. The number of benzene rings is 1. The molecular formula is C18H20ClNO3. The highest BCUT2D eigenvalue weighted by atomic mass is 35.5. The Morgan fingerprint density at radius 1 is 1.52 bits per heavy atom. The van der Waals surface area contributed by atoms with Crippen molar-refractivity contribution < 1.29 is 14.6 Å². The summed E-state index contributed by atoms with van der Waals surface area (Å²) in [6.07, 6.45) is 6.95. The molecule has 3 rings (SSSR count). The van der Waals surface area contributed by atoms with Crippen LogP contribution in [0.4, 0.5) is 0 Å². The molecule has 1 unspecified atom stereocenters. The van der Waals surface area contributed by atoms with Gasteiger partial charge in [0.25, 0.3) is 0 Å². The lowest BCUT2D eigenvalue weighted by Gasteiger charge is -2.19. The first kappa shape index (κ1) is 16.1. The first-order valence-corrected chi connectivity index (χ1v) is 8.15. The molecule has 2 aliphatic rings. The number of aliphatic hydroxyl groups is 1. The molecule has 0 saturated heterocycles. The molecule has 23 heavy (non-hydrogen) atoms. The number of nitrogens with zero attached hydrogens (tertiary/aromatic N) is 1. The van der Waals surface area contributed by atoms with E-state index in [2.05, 4.69) is 0 Å². The number of ether oxygens (including phenoxy) is 1. The Morgan fingerprint density at radius 2 is 2.30 bits per heavy atom. The minimum atomic E-state index is -0.413. The molecule has 122 valence electrons. The van der Waals surface area contributed by atoms with Crippen molar-refractivity contribution in [2.45, 2.75) is 18.9 Å². The van der Waals surface area contributed by atoms with E-state index in [0.717, 1.165) is 29.7 Å². The topological polar surface area (TPSA) is 49.8 Å². The Labute approximate surface area is 141 Å². The summed E-state index contributed by atoms with van der Waals surface area (Å²) in [7, 11) is 1.71. The SMILES string of the molecule is CN(CC(O)C1CC1)C(=O)/C=C/C1=Cc2cc(Cl)ccc2OC1. The van der Waals surface area contributed by atoms with Crippen LogP contribution < -0.4 is 4.74 Å². The van der Waals surface area contributed by atoms with Gasteiger partial charge in [-0.25, -0.2) is 0 Å². The summed E-state index contributed by atoms with van der Waals surface area (Å²) in [5.41, 5.74) is 1.82. The van der Waals surface area contributed by atoms with E-state index in [0.29, 0.717) is 24.1 Å². The molecule has 0 spiro atoms. The van der Waals surface area contributed by atoms with Gasteiger partial charge < -0.3 is 14.7 Å². The van der Waals surface area contributed by atoms with Crippen LogP contribution in [-0.2, 0) is 4.79 Å². The van der Waals surface area contributed by atoms with Crippen LogP contribution >= 0.6 is 11.6 Å². The van der Waals surface area contributed by atoms with Crippen molar-refractivity contribution in [2.24, 2.45) is 5.92 Å². The number of hydrogen-bond acceptors (Lipinski definition) is 3. The molecule has 0 radical (unpaired) electrons. The van der Waals surface area contributed by atoms with Crippen molar-refractivity contribution in [1.29, 1.82) is 0 Å². The summed E-state index contributed by atoms with van der Waals surface area (Å²) < 4.78 is 5.65. The van der Waals surface area contributed by atoms with Crippen molar-refractivity contribution in [2.75, 3.05) is 20.2 Å². The smallest absolute Gasteiger partial charge is 0.246 e. The van der Waals surface area contributed by atoms with E-state index in [1.807, 2.05) is 18.2 Å². The molecule has 1 aromatic rings. The predicted molar refractivity (Wildman–Crippen MR) is 90.4 cm³/mol. The molecular weight excluding hydrogens is 314 g/mol. The molecule has 1 atom stereocenters. The normalized spacial score (nSPS) is 18.1. The van der Waals surface area contributed by atoms with Gasteiger partial charge in [-0.2, -0.15) is 0 Å². The van der Waals surface area contributed by atoms with E-state index in [1.165, 1.54) is 6.08 Å². The molecule has 0 aromatic heterocycles. The zero-order valence-corrected chi connectivity index (χ0v) is 13.8. The lowest BCUT2D eigenvalue weighted by Crippen LogP contribution is -2.34. The number of aliphatic hydroxyl groups excluding tert-OH is 1. The van der Waals surface area contributed by atoms with Gasteiger partial charge in [0.15, 0.2) is 0 Å². The third kappa shape index (κ3) is 4.15. The standard InChI is InChI=1S/C18H20ClNO3/c1-20(10-16(21)13-3-4-13)18(22)7-2-12-8-14-9-15(19)5-6-17(14)23-11-12/h2,5-9,13,16,21H,3-4,10-11H2,1H3/b7-2+. The molecule has 1 fully saturated rings. The third-order valence-corrected chi connectivity index (χ3v) is 4.39. The second kappa shape index (κ2) is 6.77. The molecule has 1 N–H and O–H groups in total. The lowest BCUT2D eigenvalue weighted by atomic mass is 10.1. The number of fused-ring (bicyclic) bond motifs is 1. The van der Waals surface area contributed by atoms with Gasteiger partial charge >= 0.3 is 0 Å². The second-order valence-corrected chi connectivity index (χ2v) is 6.58. The van der Waals surface area contributed by atoms with Gasteiger partial charge in [0, 0.05) is 30.3 Å². The fourth-order valence-corrected chi connectivity index (χ4v) is 2.75. The fraction of sp³-hybridized carbons (Fsp3) is 0.389. The Morgan fingerprint density at radius 3 is 3.04 bits per heavy atom. The maximum absolute atomic E-state index is 12.1. The van der Waals surface area contributed by atoms with Crippen LogP contribution in [0.3, 0.4) is 0 Å². The number of likely N-dealkylation sites (N-methyl/N-ethyl adjacent to an activating group) is 1. The van der Waals surface area contributed by atoms with Gasteiger partial charge in [-0.3, -0.25) is 4.79 Å². The Kier molecular flexibility index (Phi) is 4.74. The minimum Gasteiger partial charge on any atom is -0.488 e. The van der Waals surface area contributed by atoms with Crippen molar-refractivity contribution >= 4 is 23.6 Å². The molecule has 1 saturated carbocycles. The van der Waals surface area contributed by atoms with Crippen LogP contribution in [0.5, 0.6) is 5.75 Å². The zero-order chi connectivity index (χ0) is 16.4. The number of carbonyl (C=O) groups is 1. The molecule has 1 aliphatic carbocycles. The van der Waals surface area contributed by atoms with Crippen LogP contribution in [0.15, 0.2) is 35.9 Å². The highest BCUT2D eigenvalue weighted by molar-refractivity contribution is 6.30. The number of hydrogen-bond donors (Lipinski definition) is 1. The van der Waals surface area contributed by atoms with E-state index in [1.54, 1.807) is 24.1 Å². The second-order valence-electron chi connectivity index (χ2n) is 6.15. The van der Waals surface area contributed by atoms with Crippen molar-refractivity contribution in [1.82, 2.24) is 4.90 Å². The van der Waals surface area contributed by atoms with Gasteiger partial charge in [-0.05, 0) is 48.6 Å². The van der Waals surface area contributed by atoms with Crippen LogP contribution in [0, 0.1) is 5.92 Å². The zero-order valence-electron chi connectivity index (χ0n) is 13.0. The highest BCUT2D eigenvalue weighted by Gasteiger charge is 2.30. The van der Waals surface area contributed by atoms with E-state index in [-0.39, 0.29) is 5.91 Å². The van der Waals surface area contributed by atoms with Gasteiger partial charge in [0.2, 0.25) is 5.91 Å². The maximum Gasteiger partial charge on any atom is 0.246 e. The summed E-state index contributed by atoms with van der Waals surface area (Å²) in [6, 6.07) is 5.47. The first-order valence-electron chi connectivity index (χ1n) is 7.77. The fourth-order valence-electron chi connectivity index (χ4n) is 2.57. The van der Waals surface area contributed by atoms with Crippen molar-refractivity contribution in [3.05, 3.63) is 46.5 Å². The Bertz CT molecular complexity index is 664. The molecule has 0 bridgehead atoms. The largest absolute Gasteiger partial charge is 0.488 e. The molecule has 4 nitrogen and oxygen atoms in total. The van der Waals surface area contributed by atoms with Gasteiger partial charge in [0.05, 0.1) is 6.10 Å². The Hall–Kier alpha value is -1.78. The summed E-state index contributed by atoms with van der Waals surface area (Å²) in [5, 5.41) is 10.6. The van der Waals surface area contributed by atoms with Crippen LogP contribution in [0.1, 0.15) is 18.4 Å². The van der Waals surface area contributed by atoms with Crippen molar-refractivity contribution in [3.63, 3.8) is 0 Å². The number of amides is 1. The predicted octanol–water partition coefficient (Wildman–Crippen LogP) is 2.90. The van der Waals surface area contributed by atoms with Crippen LogP contribution in [0.25, 0.3) is 6.08 Å². The molecule has 1 heterocycles.